The van der Waals surface area contributed by atoms with Crippen molar-refractivity contribution in [3.8, 4) is 0 Å². The maximum atomic E-state index is 12.7. The molecule has 1 unspecified atom stereocenters. The summed E-state index contributed by atoms with van der Waals surface area (Å²) in [6.07, 6.45) is -0.299. The van der Waals surface area contributed by atoms with E-state index in [0.29, 0.717) is 17.3 Å². The highest BCUT2D eigenvalue weighted by atomic mass is 32.1. The molecule has 2 aromatic heterocycles. The Labute approximate surface area is 134 Å². The summed E-state index contributed by atoms with van der Waals surface area (Å²) in [6, 6.07) is 5.20. The van der Waals surface area contributed by atoms with E-state index in [-0.39, 0.29) is 11.0 Å². The summed E-state index contributed by atoms with van der Waals surface area (Å²) in [5, 5.41) is 7.10. The van der Waals surface area contributed by atoms with Crippen LogP contribution >= 0.6 is 11.3 Å². The number of benzene rings is 1. The SMILES string of the molecule is CC(Nc1ccc2nc(C(F)F)sc2c1)c1nc(C2CC2)no1. The molecule has 2 heterocycles. The molecule has 1 aliphatic carbocycles. The number of rotatable bonds is 5. The number of nitrogens with zero attached hydrogens (tertiary/aromatic N) is 3. The molecule has 23 heavy (non-hydrogen) atoms. The molecular formula is C15H14F2N4OS. The van der Waals surface area contributed by atoms with Gasteiger partial charge in [-0.2, -0.15) is 4.98 Å². The first kappa shape index (κ1) is 14.5. The van der Waals surface area contributed by atoms with Crippen molar-refractivity contribution in [1.29, 1.82) is 0 Å². The first-order valence-corrected chi connectivity index (χ1v) is 8.20. The lowest BCUT2D eigenvalue weighted by Crippen LogP contribution is -2.06. The van der Waals surface area contributed by atoms with Gasteiger partial charge in [0.05, 0.1) is 10.2 Å². The van der Waals surface area contributed by atoms with Crippen LogP contribution in [-0.2, 0) is 0 Å². The van der Waals surface area contributed by atoms with Crippen LogP contribution in [0.3, 0.4) is 0 Å². The molecule has 3 aromatic rings. The summed E-state index contributed by atoms with van der Waals surface area (Å²) in [5.41, 5.74) is 1.39. The highest BCUT2D eigenvalue weighted by Crippen LogP contribution is 2.38. The van der Waals surface area contributed by atoms with Gasteiger partial charge < -0.3 is 9.84 Å². The predicted molar refractivity (Wildman–Crippen MR) is 82.9 cm³/mol. The molecule has 0 aliphatic heterocycles. The molecule has 0 saturated heterocycles. The van der Waals surface area contributed by atoms with Crippen LogP contribution in [0.5, 0.6) is 0 Å². The Hall–Kier alpha value is -2.09. The molecule has 1 aliphatic rings. The largest absolute Gasteiger partial charge is 0.374 e. The van der Waals surface area contributed by atoms with Crippen LogP contribution in [0.2, 0.25) is 0 Å². The van der Waals surface area contributed by atoms with Crippen LogP contribution < -0.4 is 5.32 Å². The van der Waals surface area contributed by atoms with Crippen molar-refractivity contribution in [3.05, 3.63) is 34.9 Å². The van der Waals surface area contributed by atoms with E-state index in [2.05, 4.69) is 20.4 Å². The highest BCUT2D eigenvalue weighted by Gasteiger charge is 2.29. The van der Waals surface area contributed by atoms with Gasteiger partial charge in [0.2, 0.25) is 5.89 Å². The topological polar surface area (TPSA) is 63.8 Å². The van der Waals surface area contributed by atoms with Crippen molar-refractivity contribution < 1.29 is 13.3 Å². The smallest absolute Gasteiger partial charge is 0.289 e. The standard InChI is InChI=1S/C15H14F2N4OS/c1-7(14-20-13(21-22-14)8-2-3-8)18-9-4-5-10-11(6-9)23-15(19-10)12(16)17/h4-8,12,18H,2-3H2,1H3. The van der Waals surface area contributed by atoms with Gasteiger partial charge in [-0.15, -0.1) is 11.3 Å². The molecule has 8 heteroatoms. The number of hydrogen-bond donors (Lipinski definition) is 1. The number of anilines is 1. The van der Waals surface area contributed by atoms with Crippen molar-refractivity contribution >= 4 is 27.2 Å². The fourth-order valence-electron chi connectivity index (χ4n) is 2.37. The van der Waals surface area contributed by atoms with Gasteiger partial charge >= 0.3 is 0 Å². The summed E-state index contributed by atoms with van der Waals surface area (Å²) >= 11 is 1.01. The van der Waals surface area contributed by atoms with Gasteiger partial charge in [0, 0.05) is 11.6 Å². The minimum absolute atomic E-state index is 0.156. The first-order valence-electron chi connectivity index (χ1n) is 7.39. The number of fused-ring (bicyclic) bond motifs is 1. The Balaban J connectivity index is 1.53. The molecule has 4 rings (SSSR count). The van der Waals surface area contributed by atoms with Crippen LogP contribution in [0.15, 0.2) is 22.7 Å². The van der Waals surface area contributed by atoms with E-state index in [0.717, 1.165) is 40.4 Å². The van der Waals surface area contributed by atoms with Crippen molar-refractivity contribution in [2.24, 2.45) is 0 Å². The second-order valence-electron chi connectivity index (χ2n) is 5.67. The monoisotopic (exact) mass is 336 g/mol. The fourth-order valence-corrected chi connectivity index (χ4v) is 3.23. The van der Waals surface area contributed by atoms with Gasteiger partial charge in [0.25, 0.3) is 6.43 Å². The molecule has 1 N–H and O–H groups in total. The molecule has 0 amide bonds. The Morgan fingerprint density at radius 2 is 2.13 bits per heavy atom. The molecule has 1 fully saturated rings. The molecular weight excluding hydrogens is 322 g/mol. The molecule has 1 aromatic carbocycles. The minimum atomic E-state index is -2.54. The molecule has 1 saturated carbocycles. The Morgan fingerprint density at radius 1 is 1.30 bits per heavy atom. The van der Waals surface area contributed by atoms with Crippen LogP contribution in [-0.4, -0.2) is 15.1 Å². The van der Waals surface area contributed by atoms with Crippen molar-refractivity contribution in [2.45, 2.75) is 38.2 Å². The molecule has 120 valence electrons. The average Bonchev–Trinajstić information content (AvgIpc) is 3.10. The average molecular weight is 336 g/mol. The summed E-state index contributed by atoms with van der Waals surface area (Å²) in [7, 11) is 0. The van der Waals surface area contributed by atoms with E-state index < -0.39 is 6.43 Å². The van der Waals surface area contributed by atoms with E-state index in [1.807, 2.05) is 19.1 Å². The fraction of sp³-hybridized carbons (Fsp3) is 0.400. The summed E-state index contributed by atoms with van der Waals surface area (Å²) in [4.78, 5) is 8.33. The van der Waals surface area contributed by atoms with E-state index in [1.54, 1.807) is 6.07 Å². The molecule has 0 bridgehead atoms. The zero-order chi connectivity index (χ0) is 16.0. The number of alkyl halides is 2. The molecule has 0 spiro atoms. The van der Waals surface area contributed by atoms with E-state index in [4.69, 9.17) is 4.52 Å². The number of halogens is 2. The maximum absolute atomic E-state index is 12.7. The Morgan fingerprint density at radius 3 is 2.87 bits per heavy atom. The number of aromatic nitrogens is 3. The van der Waals surface area contributed by atoms with Crippen LogP contribution in [0.4, 0.5) is 14.5 Å². The van der Waals surface area contributed by atoms with Gasteiger partial charge in [-0.05, 0) is 38.0 Å². The van der Waals surface area contributed by atoms with Gasteiger partial charge in [0.15, 0.2) is 10.8 Å². The van der Waals surface area contributed by atoms with Crippen LogP contribution in [0, 0.1) is 0 Å². The van der Waals surface area contributed by atoms with Crippen LogP contribution in [0.25, 0.3) is 10.2 Å². The summed E-state index contributed by atoms with van der Waals surface area (Å²) in [6.45, 7) is 1.92. The summed E-state index contributed by atoms with van der Waals surface area (Å²) < 4.78 is 31.4. The lowest BCUT2D eigenvalue weighted by molar-refractivity contribution is 0.151. The zero-order valence-electron chi connectivity index (χ0n) is 12.3. The Bertz CT molecular complexity index is 843. The van der Waals surface area contributed by atoms with Crippen LogP contribution in [0.1, 0.15) is 54.9 Å². The van der Waals surface area contributed by atoms with Gasteiger partial charge in [-0.3, -0.25) is 0 Å². The number of hydrogen-bond acceptors (Lipinski definition) is 6. The van der Waals surface area contributed by atoms with E-state index in [9.17, 15) is 8.78 Å². The zero-order valence-corrected chi connectivity index (χ0v) is 13.1. The lowest BCUT2D eigenvalue weighted by atomic mass is 10.2. The number of thiazole rings is 1. The highest BCUT2D eigenvalue weighted by molar-refractivity contribution is 7.18. The first-order chi connectivity index (χ1) is 11.1. The van der Waals surface area contributed by atoms with Gasteiger partial charge in [-0.25, -0.2) is 13.8 Å². The second-order valence-corrected chi connectivity index (χ2v) is 6.73. The minimum Gasteiger partial charge on any atom is -0.374 e. The van der Waals surface area contributed by atoms with E-state index in [1.165, 1.54) is 0 Å². The van der Waals surface area contributed by atoms with Crippen molar-refractivity contribution in [3.63, 3.8) is 0 Å². The third kappa shape index (κ3) is 2.90. The van der Waals surface area contributed by atoms with E-state index >= 15 is 0 Å². The summed E-state index contributed by atoms with van der Waals surface area (Å²) in [5.74, 6) is 1.75. The predicted octanol–water partition coefficient (Wildman–Crippen LogP) is 4.67. The number of nitrogens with one attached hydrogen (secondary N) is 1. The molecule has 0 radical (unpaired) electrons. The quantitative estimate of drug-likeness (QED) is 0.733. The molecule has 5 nitrogen and oxygen atoms in total. The lowest BCUT2D eigenvalue weighted by Gasteiger charge is -2.10. The van der Waals surface area contributed by atoms with Gasteiger partial charge in [-0.1, -0.05) is 5.16 Å². The normalized spacial score (nSPS) is 16.2. The maximum Gasteiger partial charge on any atom is 0.289 e. The second kappa shape index (κ2) is 5.52. The Kier molecular flexibility index (Phi) is 3.48. The third-order valence-corrected chi connectivity index (χ3v) is 4.77. The third-order valence-electron chi connectivity index (χ3n) is 3.75. The van der Waals surface area contributed by atoms with Gasteiger partial charge in [0.1, 0.15) is 6.04 Å². The van der Waals surface area contributed by atoms with Crippen molar-refractivity contribution in [2.75, 3.05) is 5.32 Å². The molecule has 1 atom stereocenters. The van der Waals surface area contributed by atoms with Crippen molar-refractivity contribution in [1.82, 2.24) is 15.1 Å².